The maximum absolute atomic E-state index is 13.8. The topological polar surface area (TPSA) is 53.1 Å². The summed E-state index contributed by atoms with van der Waals surface area (Å²) in [5.41, 5.74) is 1.61. The average molecular weight is 496 g/mol. The zero-order chi connectivity index (χ0) is 25.5. The number of carbonyl (C=O) groups is 2. The van der Waals surface area contributed by atoms with Gasteiger partial charge < -0.3 is 14.5 Å². The Morgan fingerprint density at radius 1 is 0.944 bits per heavy atom. The molecule has 1 aromatic carbocycles. The normalized spacial score (nSPS) is 29.2. The molecule has 198 valence electrons. The first-order valence-electron chi connectivity index (χ1n) is 14.3. The molecular formula is C30H45N3O3. The largest absolute Gasteiger partial charge is 0.444 e. The van der Waals surface area contributed by atoms with Crippen molar-refractivity contribution in [3.8, 4) is 0 Å². The number of anilines is 1. The van der Waals surface area contributed by atoms with Gasteiger partial charge in [-0.15, -0.1) is 0 Å². The molecule has 2 amide bonds. The first-order valence-corrected chi connectivity index (χ1v) is 14.3. The summed E-state index contributed by atoms with van der Waals surface area (Å²) in [6.07, 6.45) is 9.65. The number of hydrogen-bond acceptors (Lipinski definition) is 4. The number of piperidine rings is 2. The number of benzene rings is 1. The van der Waals surface area contributed by atoms with Gasteiger partial charge in [0.1, 0.15) is 5.60 Å². The molecule has 3 unspecified atom stereocenters. The maximum Gasteiger partial charge on any atom is 0.410 e. The summed E-state index contributed by atoms with van der Waals surface area (Å²) < 4.78 is 5.55. The summed E-state index contributed by atoms with van der Waals surface area (Å²) in [5, 5.41) is 0. The van der Waals surface area contributed by atoms with Crippen LogP contribution in [0.1, 0.15) is 97.0 Å². The minimum absolute atomic E-state index is 0.245. The third kappa shape index (κ3) is 5.16. The lowest BCUT2D eigenvalue weighted by Gasteiger charge is -2.46. The number of carbonyl (C=O) groups excluding carboxylic acids is 2. The molecule has 6 heteroatoms. The molecule has 1 aromatic rings. The summed E-state index contributed by atoms with van der Waals surface area (Å²) in [6.45, 7) is 11.3. The highest BCUT2D eigenvalue weighted by molar-refractivity contribution is 5.98. The van der Waals surface area contributed by atoms with E-state index in [9.17, 15) is 9.59 Å². The van der Waals surface area contributed by atoms with Crippen molar-refractivity contribution in [1.29, 1.82) is 0 Å². The zero-order valence-corrected chi connectivity index (χ0v) is 22.8. The quantitative estimate of drug-likeness (QED) is 0.520. The van der Waals surface area contributed by atoms with E-state index < -0.39 is 5.60 Å². The van der Waals surface area contributed by atoms with Gasteiger partial charge in [-0.3, -0.25) is 9.69 Å². The second-order valence-corrected chi connectivity index (χ2v) is 12.8. The van der Waals surface area contributed by atoms with Gasteiger partial charge in [-0.1, -0.05) is 12.1 Å². The molecule has 0 N–H and O–H groups in total. The summed E-state index contributed by atoms with van der Waals surface area (Å²) in [5.74, 6) is 0.881. The van der Waals surface area contributed by atoms with Crippen molar-refractivity contribution in [3.63, 3.8) is 0 Å². The summed E-state index contributed by atoms with van der Waals surface area (Å²) >= 11 is 0. The van der Waals surface area contributed by atoms with Crippen LogP contribution in [0.4, 0.5) is 10.5 Å². The van der Waals surface area contributed by atoms with Crippen molar-refractivity contribution in [3.05, 3.63) is 29.8 Å². The van der Waals surface area contributed by atoms with Crippen molar-refractivity contribution >= 4 is 17.7 Å². The number of amides is 2. The van der Waals surface area contributed by atoms with Crippen molar-refractivity contribution in [2.75, 3.05) is 31.1 Å². The molecule has 4 fully saturated rings. The maximum atomic E-state index is 13.8. The van der Waals surface area contributed by atoms with E-state index in [2.05, 4.69) is 36.1 Å². The predicted octanol–water partition coefficient (Wildman–Crippen LogP) is 5.95. The number of hydrogen-bond donors (Lipinski definition) is 0. The second kappa shape index (κ2) is 10.00. The van der Waals surface area contributed by atoms with Crippen LogP contribution in [0.25, 0.3) is 0 Å². The Morgan fingerprint density at radius 2 is 1.67 bits per heavy atom. The Bertz CT molecular complexity index is 945. The van der Waals surface area contributed by atoms with E-state index in [-0.39, 0.29) is 17.4 Å². The number of nitrogens with zero attached hydrogens (tertiary/aromatic N) is 3. The van der Waals surface area contributed by atoms with E-state index in [1.165, 1.54) is 44.2 Å². The average Bonchev–Trinajstić information content (AvgIpc) is 3.49. The first-order chi connectivity index (χ1) is 17.2. The Labute approximate surface area is 217 Å². The van der Waals surface area contributed by atoms with Gasteiger partial charge in [0.15, 0.2) is 0 Å². The molecule has 36 heavy (non-hydrogen) atoms. The van der Waals surface area contributed by atoms with Gasteiger partial charge in [-0.05, 0) is 116 Å². The van der Waals surface area contributed by atoms with Gasteiger partial charge in [0, 0.05) is 37.4 Å². The Kier molecular flexibility index (Phi) is 7.10. The molecule has 3 saturated heterocycles. The fourth-order valence-electron chi connectivity index (χ4n) is 7.21. The van der Waals surface area contributed by atoms with E-state index in [1.807, 2.05) is 25.7 Å². The molecule has 0 bridgehead atoms. The number of ether oxygens (including phenoxy) is 1. The van der Waals surface area contributed by atoms with E-state index >= 15 is 0 Å². The molecule has 1 saturated carbocycles. The molecule has 6 nitrogen and oxygen atoms in total. The lowest BCUT2D eigenvalue weighted by Crippen LogP contribution is -2.55. The van der Waals surface area contributed by atoms with Crippen LogP contribution in [-0.2, 0) is 9.53 Å². The van der Waals surface area contributed by atoms with Crippen LogP contribution in [0, 0.1) is 5.41 Å². The molecular weight excluding hydrogens is 450 g/mol. The highest BCUT2D eigenvalue weighted by atomic mass is 16.6. The van der Waals surface area contributed by atoms with Crippen LogP contribution < -0.4 is 4.90 Å². The van der Waals surface area contributed by atoms with Crippen LogP contribution in [0.3, 0.4) is 0 Å². The van der Waals surface area contributed by atoms with Gasteiger partial charge in [0.25, 0.3) is 0 Å². The Morgan fingerprint density at radius 3 is 2.31 bits per heavy atom. The smallest absolute Gasteiger partial charge is 0.410 e. The molecule has 5 rings (SSSR count). The van der Waals surface area contributed by atoms with Gasteiger partial charge in [0.2, 0.25) is 5.91 Å². The van der Waals surface area contributed by atoms with Crippen molar-refractivity contribution < 1.29 is 14.3 Å². The molecule has 3 atom stereocenters. The molecule has 3 heterocycles. The predicted molar refractivity (Wildman–Crippen MR) is 143 cm³/mol. The molecule has 0 radical (unpaired) electrons. The standard InChI is InChI=1S/C30H45N3O3/c1-22-7-5-17-32(22)26-13-10-24(21-26)23-8-11-25(12-9-23)33-18-6-14-30(27(33)34)15-19-31(20-16-30)28(35)36-29(2,3)4/h8-9,11-12,22,24,26H,5-7,10,13-21H2,1-4H3. The van der Waals surface area contributed by atoms with E-state index in [0.29, 0.717) is 19.0 Å². The van der Waals surface area contributed by atoms with Crippen LogP contribution >= 0.6 is 0 Å². The van der Waals surface area contributed by atoms with Gasteiger partial charge in [0.05, 0.1) is 5.41 Å². The second-order valence-electron chi connectivity index (χ2n) is 12.8. The Hall–Kier alpha value is -2.08. The van der Waals surface area contributed by atoms with Crippen LogP contribution in [0.15, 0.2) is 24.3 Å². The van der Waals surface area contributed by atoms with E-state index in [4.69, 9.17) is 4.74 Å². The highest BCUT2D eigenvalue weighted by Crippen LogP contribution is 2.43. The first kappa shape index (κ1) is 25.6. The van der Waals surface area contributed by atoms with Crippen molar-refractivity contribution in [2.24, 2.45) is 5.41 Å². The Balaban J connectivity index is 1.20. The highest BCUT2D eigenvalue weighted by Gasteiger charge is 2.47. The molecule has 4 aliphatic rings. The molecule has 1 spiro atoms. The van der Waals surface area contributed by atoms with Crippen molar-refractivity contribution in [2.45, 2.75) is 109 Å². The third-order valence-corrected chi connectivity index (χ3v) is 9.26. The lowest BCUT2D eigenvalue weighted by molar-refractivity contribution is -0.133. The molecule has 0 aromatic heterocycles. The number of rotatable bonds is 3. The van der Waals surface area contributed by atoms with Gasteiger partial charge in [-0.2, -0.15) is 0 Å². The van der Waals surface area contributed by atoms with Gasteiger partial charge >= 0.3 is 6.09 Å². The summed E-state index contributed by atoms with van der Waals surface area (Å²) in [4.78, 5) is 32.8. The van der Waals surface area contributed by atoms with Crippen LogP contribution in [-0.4, -0.2) is 65.7 Å². The third-order valence-electron chi connectivity index (χ3n) is 9.26. The minimum Gasteiger partial charge on any atom is -0.444 e. The SMILES string of the molecule is CC1CCCN1C1CCC(c2ccc(N3CCCC4(CCN(C(=O)OC(C)(C)C)CC4)C3=O)cc2)C1. The van der Waals surface area contributed by atoms with Gasteiger partial charge in [-0.25, -0.2) is 4.79 Å². The summed E-state index contributed by atoms with van der Waals surface area (Å²) in [7, 11) is 0. The molecule has 1 aliphatic carbocycles. The lowest BCUT2D eigenvalue weighted by atomic mass is 9.71. The molecule has 3 aliphatic heterocycles. The summed E-state index contributed by atoms with van der Waals surface area (Å²) in [6, 6.07) is 10.4. The fourth-order valence-corrected chi connectivity index (χ4v) is 7.21. The number of likely N-dealkylation sites (tertiary alicyclic amines) is 2. The van der Waals surface area contributed by atoms with E-state index in [1.54, 1.807) is 4.90 Å². The van der Waals surface area contributed by atoms with Crippen molar-refractivity contribution in [1.82, 2.24) is 9.80 Å². The fraction of sp³-hybridized carbons (Fsp3) is 0.733. The van der Waals surface area contributed by atoms with Crippen LogP contribution in [0.2, 0.25) is 0 Å². The van der Waals surface area contributed by atoms with E-state index in [0.717, 1.165) is 50.0 Å². The monoisotopic (exact) mass is 495 g/mol. The van der Waals surface area contributed by atoms with Crippen LogP contribution in [0.5, 0.6) is 0 Å². The minimum atomic E-state index is -0.498. The zero-order valence-electron chi connectivity index (χ0n) is 22.8.